The van der Waals surface area contributed by atoms with Gasteiger partial charge in [-0.15, -0.1) is 0 Å². The maximum atomic E-state index is 13.1. The van der Waals surface area contributed by atoms with Gasteiger partial charge in [0.2, 0.25) is 0 Å². The first-order valence-corrected chi connectivity index (χ1v) is 9.29. The molecule has 1 amide bonds. The molecule has 2 aromatic rings. The predicted molar refractivity (Wildman–Crippen MR) is 104 cm³/mol. The number of carbonyl (C=O) groups excluding carboxylic acids is 1. The van der Waals surface area contributed by atoms with Gasteiger partial charge in [-0.3, -0.25) is 4.79 Å². The van der Waals surface area contributed by atoms with Crippen molar-refractivity contribution >= 4 is 17.3 Å². The summed E-state index contributed by atoms with van der Waals surface area (Å²) in [5, 5.41) is 11.2. The monoisotopic (exact) mass is 419 g/mol. The van der Waals surface area contributed by atoms with Gasteiger partial charge in [-0.1, -0.05) is 12.1 Å². The van der Waals surface area contributed by atoms with Crippen LogP contribution in [0, 0.1) is 11.3 Å². The summed E-state index contributed by atoms with van der Waals surface area (Å²) in [7, 11) is 0. The Labute approximate surface area is 171 Å². The zero-order valence-corrected chi connectivity index (χ0v) is 16.0. The van der Waals surface area contributed by atoms with Crippen molar-refractivity contribution in [3.8, 4) is 11.8 Å². The molecule has 0 aromatic heterocycles. The number of alkyl halides is 3. The molecular weight excluding hydrogens is 399 g/mol. The molecule has 1 aliphatic heterocycles. The molecular formula is C21H20F3N3O3. The van der Waals surface area contributed by atoms with E-state index in [2.05, 4.69) is 5.32 Å². The molecule has 1 aliphatic rings. The molecule has 0 bridgehead atoms. The van der Waals surface area contributed by atoms with E-state index in [1.165, 1.54) is 6.07 Å². The van der Waals surface area contributed by atoms with Crippen LogP contribution in [0.4, 0.5) is 24.5 Å². The van der Waals surface area contributed by atoms with Crippen molar-refractivity contribution < 1.29 is 27.4 Å². The largest absolute Gasteiger partial charge is 0.484 e. The van der Waals surface area contributed by atoms with Crippen LogP contribution in [0.15, 0.2) is 42.5 Å². The van der Waals surface area contributed by atoms with Crippen LogP contribution >= 0.6 is 0 Å². The number of carbonyl (C=O) groups is 1. The summed E-state index contributed by atoms with van der Waals surface area (Å²) in [6.07, 6.45) is -4.26. The van der Waals surface area contributed by atoms with Crippen LogP contribution in [0.25, 0.3) is 0 Å². The van der Waals surface area contributed by atoms with E-state index in [4.69, 9.17) is 14.7 Å². The first-order chi connectivity index (χ1) is 14.4. The van der Waals surface area contributed by atoms with Crippen molar-refractivity contribution in [2.75, 3.05) is 43.1 Å². The maximum absolute atomic E-state index is 13.1. The van der Waals surface area contributed by atoms with Crippen molar-refractivity contribution in [3.05, 3.63) is 53.6 Å². The Hall–Kier alpha value is -3.25. The molecule has 30 heavy (non-hydrogen) atoms. The van der Waals surface area contributed by atoms with Crippen LogP contribution in [0.2, 0.25) is 0 Å². The number of nitriles is 1. The second-order valence-corrected chi connectivity index (χ2v) is 6.64. The molecule has 158 valence electrons. The van der Waals surface area contributed by atoms with E-state index in [-0.39, 0.29) is 18.7 Å². The molecule has 3 rings (SSSR count). The van der Waals surface area contributed by atoms with Crippen LogP contribution in [-0.2, 0) is 22.1 Å². The molecule has 0 unspecified atom stereocenters. The number of benzene rings is 2. The summed E-state index contributed by atoms with van der Waals surface area (Å²) >= 11 is 0. The first kappa shape index (κ1) is 21.5. The number of halogens is 3. The highest BCUT2D eigenvalue weighted by Crippen LogP contribution is 2.35. The lowest BCUT2D eigenvalue weighted by molar-refractivity contribution is -0.137. The fourth-order valence-electron chi connectivity index (χ4n) is 3.02. The number of morpholine rings is 1. The first-order valence-electron chi connectivity index (χ1n) is 9.29. The van der Waals surface area contributed by atoms with Crippen molar-refractivity contribution in [2.24, 2.45) is 0 Å². The Kier molecular flexibility index (Phi) is 6.79. The van der Waals surface area contributed by atoms with E-state index >= 15 is 0 Å². The normalized spacial score (nSPS) is 14.1. The van der Waals surface area contributed by atoms with Gasteiger partial charge >= 0.3 is 6.18 Å². The molecule has 1 heterocycles. The topological polar surface area (TPSA) is 74.6 Å². The summed E-state index contributed by atoms with van der Waals surface area (Å²) in [5.41, 5.74) is 0.544. The number of nitrogens with zero attached hydrogens (tertiary/aromatic N) is 2. The Morgan fingerprint density at radius 3 is 2.50 bits per heavy atom. The number of anilines is 2. The quantitative estimate of drug-likeness (QED) is 0.774. The van der Waals surface area contributed by atoms with Gasteiger partial charge < -0.3 is 19.7 Å². The summed E-state index contributed by atoms with van der Waals surface area (Å²) in [6, 6.07) is 12.0. The van der Waals surface area contributed by atoms with Gasteiger partial charge in [-0.2, -0.15) is 18.4 Å². The van der Waals surface area contributed by atoms with Crippen LogP contribution in [-0.4, -0.2) is 38.8 Å². The molecule has 0 spiro atoms. The number of amides is 1. The standard InChI is InChI=1S/C21H20F3N3O3/c22-21(23,24)16-3-6-19(27-9-11-29-12-10-27)18(13-16)26-20(28)14-30-17-4-1-15(2-5-17)7-8-25/h1-6,13H,7,9-12,14H2,(H,26,28). The Morgan fingerprint density at radius 2 is 1.87 bits per heavy atom. The number of hydrogen-bond acceptors (Lipinski definition) is 5. The molecule has 2 aromatic carbocycles. The summed E-state index contributed by atoms with van der Waals surface area (Å²) < 4.78 is 50.1. The van der Waals surface area contributed by atoms with Crippen LogP contribution in [0.3, 0.4) is 0 Å². The lowest BCUT2D eigenvalue weighted by Gasteiger charge is -2.31. The minimum atomic E-state index is -4.52. The van der Waals surface area contributed by atoms with Crippen molar-refractivity contribution in [2.45, 2.75) is 12.6 Å². The molecule has 0 atom stereocenters. The van der Waals surface area contributed by atoms with E-state index < -0.39 is 17.6 Å². The zero-order chi connectivity index (χ0) is 21.6. The van der Waals surface area contributed by atoms with Gasteiger partial charge in [0.15, 0.2) is 6.61 Å². The predicted octanol–water partition coefficient (Wildman–Crippen LogP) is 3.63. The van der Waals surface area contributed by atoms with E-state index in [0.29, 0.717) is 37.7 Å². The number of hydrogen-bond donors (Lipinski definition) is 1. The SMILES string of the molecule is N#CCc1ccc(OCC(=O)Nc2cc(C(F)(F)F)ccc2N2CCOCC2)cc1. The minimum Gasteiger partial charge on any atom is -0.484 e. The van der Waals surface area contributed by atoms with Gasteiger partial charge in [-0.25, -0.2) is 0 Å². The van der Waals surface area contributed by atoms with Crippen molar-refractivity contribution in [3.63, 3.8) is 0 Å². The van der Waals surface area contributed by atoms with Crippen LogP contribution in [0.5, 0.6) is 5.75 Å². The molecule has 0 aliphatic carbocycles. The molecule has 9 heteroatoms. The van der Waals surface area contributed by atoms with Crippen molar-refractivity contribution in [1.82, 2.24) is 0 Å². The average Bonchev–Trinajstić information content (AvgIpc) is 2.73. The van der Waals surface area contributed by atoms with Crippen molar-refractivity contribution in [1.29, 1.82) is 5.26 Å². The summed E-state index contributed by atoms with van der Waals surface area (Å²) in [4.78, 5) is 14.2. The van der Waals surface area contributed by atoms with Gasteiger partial charge in [0.25, 0.3) is 5.91 Å². The van der Waals surface area contributed by atoms with Gasteiger partial charge in [0.05, 0.1) is 42.6 Å². The number of rotatable bonds is 6. The second kappa shape index (κ2) is 9.50. The molecule has 0 saturated carbocycles. The van der Waals surface area contributed by atoms with Gasteiger partial charge in [0, 0.05) is 13.1 Å². The highest BCUT2D eigenvalue weighted by Gasteiger charge is 2.32. The molecule has 0 radical (unpaired) electrons. The van der Waals surface area contributed by atoms with E-state index in [9.17, 15) is 18.0 Å². The lowest BCUT2D eigenvalue weighted by Crippen LogP contribution is -2.37. The average molecular weight is 419 g/mol. The smallest absolute Gasteiger partial charge is 0.416 e. The number of nitrogens with one attached hydrogen (secondary N) is 1. The minimum absolute atomic E-state index is 0.0738. The van der Waals surface area contributed by atoms with E-state index in [1.807, 2.05) is 11.0 Å². The lowest BCUT2D eigenvalue weighted by atomic mass is 10.1. The highest BCUT2D eigenvalue weighted by atomic mass is 19.4. The third-order valence-electron chi connectivity index (χ3n) is 4.53. The van der Waals surface area contributed by atoms with Crippen LogP contribution in [0.1, 0.15) is 11.1 Å². The molecule has 1 fully saturated rings. The summed E-state index contributed by atoms with van der Waals surface area (Å²) in [5.74, 6) is -0.158. The fraction of sp³-hybridized carbons (Fsp3) is 0.333. The fourth-order valence-corrected chi connectivity index (χ4v) is 3.02. The second-order valence-electron chi connectivity index (χ2n) is 6.64. The Balaban J connectivity index is 1.71. The molecule has 1 saturated heterocycles. The Morgan fingerprint density at radius 1 is 1.17 bits per heavy atom. The summed E-state index contributed by atoms with van der Waals surface area (Å²) in [6.45, 7) is 1.58. The van der Waals surface area contributed by atoms with E-state index in [0.717, 1.165) is 17.7 Å². The van der Waals surface area contributed by atoms with E-state index in [1.54, 1.807) is 24.3 Å². The maximum Gasteiger partial charge on any atom is 0.416 e. The third kappa shape index (κ3) is 5.64. The third-order valence-corrected chi connectivity index (χ3v) is 4.53. The molecule has 6 nitrogen and oxygen atoms in total. The highest BCUT2D eigenvalue weighted by molar-refractivity contribution is 5.95. The zero-order valence-electron chi connectivity index (χ0n) is 16.0. The molecule has 1 N–H and O–H groups in total. The number of ether oxygens (including phenoxy) is 2. The van der Waals surface area contributed by atoms with Gasteiger partial charge in [-0.05, 0) is 35.9 Å². The Bertz CT molecular complexity index is 918. The van der Waals surface area contributed by atoms with Crippen LogP contribution < -0.4 is 15.0 Å². The van der Waals surface area contributed by atoms with Gasteiger partial charge in [0.1, 0.15) is 5.75 Å².